The summed E-state index contributed by atoms with van der Waals surface area (Å²) in [5.74, 6) is 1.99. The third-order valence-corrected chi connectivity index (χ3v) is 3.38. The van der Waals surface area contributed by atoms with E-state index in [2.05, 4.69) is 32.0 Å². The average molecular weight is 272 g/mol. The molecule has 106 valence electrons. The van der Waals surface area contributed by atoms with Crippen LogP contribution in [0.25, 0.3) is 0 Å². The van der Waals surface area contributed by atoms with E-state index in [1.54, 1.807) is 14.2 Å². The van der Waals surface area contributed by atoms with Crippen molar-refractivity contribution in [3.8, 4) is 17.2 Å². The highest BCUT2D eigenvalue weighted by molar-refractivity contribution is 5.51. The van der Waals surface area contributed by atoms with Gasteiger partial charge in [-0.2, -0.15) is 0 Å². The first-order valence-corrected chi connectivity index (χ1v) is 6.56. The van der Waals surface area contributed by atoms with Crippen LogP contribution in [0.15, 0.2) is 36.4 Å². The van der Waals surface area contributed by atoms with Crippen LogP contribution in [0.1, 0.15) is 16.7 Å². The lowest BCUT2D eigenvalue weighted by atomic mass is 10.0. The molecule has 0 aliphatic rings. The molecule has 2 aromatic carbocycles. The summed E-state index contributed by atoms with van der Waals surface area (Å²) in [5, 5.41) is 0. The quantitative estimate of drug-likeness (QED) is 0.826. The van der Waals surface area contributed by atoms with Crippen LogP contribution in [-0.4, -0.2) is 14.2 Å². The number of para-hydroxylation sites is 1. The summed E-state index contributed by atoms with van der Waals surface area (Å²) in [6.45, 7) is 4.70. The number of rotatable bonds is 5. The highest BCUT2D eigenvalue weighted by Gasteiger charge is 2.11. The maximum absolute atomic E-state index is 5.91. The van der Waals surface area contributed by atoms with Crippen molar-refractivity contribution in [3.05, 3.63) is 53.1 Å². The molecule has 0 aromatic heterocycles. The zero-order chi connectivity index (χ0) is 14.5. The van der Waals surface area contributed by atoms with Crippen LogP contribution in [0.2, 0.25) is 0 Å². The second kappa shape index (κ2) is 6.33. The van der Waals surface area contributed by atoms with Gasteiger partial charge in [0.05, 0.1) is 14.2 Å². The summed E-state index contributed by atoms with van der Waals surface area (Å²) in [4.78, 5) is 0. The molecule has 3 heteroatoms. The van der Waals surface area contributed by atoms with Crippen molar-refractivity contribution in [1.82, 2.24) is 0 Å². The average Bonchev–Trinajstić information content (AvgIpc) is 2.46. The second-order valence-corrected chi connectivity index (χ2v) is 4.65. The third kappa shape index (κ3) is 2.87. The number of methoxy groups -OCH3 is 2. The lowest BCUT2D eigenvalue weighted by molar-refractivity contribution is 0.274. The van der Waals surface area contributed by atoms with Gasteiger partial charge in [-0.05, 0) is 42.7 Å². The second-order valence-electron chi connectivity index (χ2n) is 4.65. The van der Waals surface area contributed by atoms with Gasteiger partial charge in [-0.25, -0.2) is 0 Å². The summed E-state index contributed by atoms with van der Waals surface area (Å²) in [5.41, 5.74) is 3.66. The van der Waals surface area contributed by atoms with Gasteiger partial charge in [0.25, 0.3) is 0 Å². The first-order chi connectivity index (χ1) is 9.67. The van der Waals surface area contributed by atoms with Crippen LogP contribution in [0.3, 0.4) is 0 Å². The van der Waals surface area contributed by atoms with Crippen molar-refractivity contribution in [1.29, 1.82) is 0 Å². The Labute approximate surface area is 120 Å². The minimum atomic E-state index is 0.516. The van der Waals surface area contributed by atoms with Gasteiger partial charge < -0.3 is 14.2 Å². The largest absolute Gasteiger partial charge is 0.493 e. The van der Waals surface area contributed by atoms with Crippen molar-refractivity contribution in [2.45, 2.75) is 20.5 Å². The van der Waals surface area contributed by atoms with Crippen LogP contribution >= 0.6 is 0 Å². The Morgan fingerprint density at radius 3 is 2.00 bits per heavy atom. The lowest BCUT2D eigenvalue weighted by Crippen LogP contribution is -2.02. The van der Waals surface area contributed by atoms with Crippen molar-refractivity contribution < 1.29 is 14.2 Å². The molecule has 0 aliphatic heterocycles. The van der Waals surface area contributed by atoms with Gasteiger partial charge in [0.2, 0.25) is 5.75 Å². The number of aryl methyl sites for hydroxylation is 2. The maximum atomic E-state index is 5.91. The third-order valence-electron chi connectivity index (χ3n) is 3.38. The standard InChI is InChI=1S/C17H20O3/c1-12-7-5-8-13(2)14(12)11-20-16-10-6-9-15(18-3)17(16)19-4/h5-10H,11H2,1-4H3. The van der Waals surface area contributed by atoms with Gasteiger partial charge in [0.15, 0.2) is 11.5 Å². The molecule has 0 N–H and O–H groups in total. The molecule has 3 nitrogen and oxygen atoms in total. The Kier molecular flexibility index (Phi) is 4.51. The number of benzene rings is 2. The Morgan fingerprint density at radius 2 is 1.40 bits per heavy atom. The van der Waals surface area contributed by atoms with E-state index in [1.165, 1.54) is 16.7 Å². The predicted octanol–water partition coefficient (Wildman–Crippen LogP) is 3.90. The van der Waals surface area contributed by atoms with E-state index >= 15 is 0 Å². The lowest BCUT2D eigenvalue weighted by Gasteiger charge is -2.15. The molecule has 0 radical (unpaired) electrons. The first kappa shape index (κ1) is 14.3. The number of ether oxygens (including phenoxy) is 3. The zero-order valence-electron chi connectivity index (χ0n) is 12.4. The predicted molar refractivity (Wildman–Crippen MR) is 79.8 cm³/mol. The summed E-state index contributed by atoms with van der Waals surface area (Å²) >= 11 is 0. The summed E-state index contributed by atoms with van der Waals surface area (Å²) in [6.07, 6.45) is 0. The van der Waals surface area contributed by atoms with E-state index < -0.39 is 0 Å². The SMILES string of the molecule is COc1cccc(OCc2c(C)cccc2C)c1OC. The summed E-state index contributed by atoms with van der Waals surface area (Å²) < 4.78 is 16.6. The smallest absolute Gasteiger partial charge is 0.203 e. The molecule has 2 rings (SSSR count). The molecule has 0 saturated carbocycles. The maximum Gasteiger partial charge on any atom is 0.203 e. The highest BCUT2D eigenvalue weighted by atomic mass is 16.5. The molecule has 0 spiro atoms. The Bertz CT molecular complexity index is 571. The number of hydrogen-bond acceptors (Lipinski definition) is 3. The Hall–Kier alpha value is -2.16. The van der Waals surface area contributed by atoms with Crippen LogP contribution in [0.4, 0.5) is 0 Å². The molecule has 0 heterocycles. The fourth-order valence-corrected chi connectivity index (χ4v) is 2.20. The van der Waals surface area contributed by atoms with Gasteiger partial charge in [-0.15, -0.1) is 0 Å². The number of hydrogen-bond donors (Lipinski definition) is 0. The van der Waals surface area contributed by atoms with E-state index in [0.717, 1.165) is 0 Å². The molecule has 0 aliphatic carbocycles. The van der Waals surface area contributed by atoms with Gasteiger partial charge in [0, 0.05) is 0 Å². The highest BCUT2D eigenvalue weighted by Crippen LogP contribution is 2.37. The van der Waals surface area contributed by atoms with Crippen molar-refractivity contribution in [2.24, 2.45) is 0 Å². The topological polar surface area (TPSA) is 27.7 Å². The van der Waals surface area contributed by atoms with E-state index in [4.69, 9.17) is 14.2 Å². The van der Waals surface area contributed by atoms with Gasteiger partial charge in [-0.1, -0.05) is 24.3 Å². The normalized spacial score (nSPS) is 10.2. The van der Waals surface area contributed by atoms with Crippen LogP contribution < -0.4 is 14.2 Å². The fourth-order valence-electron chi connectivity index (χ4n) is 2.20. The van der Waals surface area contributed by atoms with Crippen LogP contribution in [0.5, 0.6) is 17.2 Å². The van der Waals surface area contributed by atoms with E-state index in [9.17, 15) is 0 Å². The van der Waals surface area contributed by atoms with Crippen molar-refractivity contribution >= 4 is 0 Å². The molecular weight excluding hydrogens is 252 g/mol. The Balaban J connectivity index is 2.23. The van der Waals surface area contributed by atoms with Crippen LogP contribution in [-0.2, 0) is 6.61 Å². The van der Waals surface area contributed by atoms with E-state index in [0.29, 0.717) is 23.9 Å². The Morgan fingerprint density at radius 1 is 0.800 bits per heavy atom. The minimum absolute atomic E-state index is 0.516. The molecule has 0 fully saturated rings. The zero-order valence-corrected chi connectivity index (χ0v) is 12.4. The molecule has 0 saturated heterocycles. The molecular formula is C17H20O3. The van der Waals surface area contributed by atoms with Gasteiger partial charge >= 0.3 is 0 Å². The van der Waals surface area contributed by atoms with E-state index in [1.807, 2.05) is 18.2 Å². The summed E-state index contributed by atoms with van der Waals surface area (Å²) in [7, 11) is 3.23. The van der Waals surface area contributed by atoms with Gasteiger partial charge in [-0.3, -0.25) is 0 Å². The summed E-state index contributed by atoms with van der Waals surface area (Å²) in [6, 6.07) is 11.9. The molecule has 0 bridgehead atoms. The van der Waals surface area contributed by atoms with E-state index in [-0.39, 0.29) is 0 Å². The fraction of sp³-hybridized carbons (Fsp3) is 0.294. The monoisotopic (exact) mass is 272 g/mol. The van der Waals surface area contributed by atoms with Crippen molar-refractivity contribution in [2.75, 3.05) is 14.2 Å². The molecule has 2 aromatic rings. The molecule has 0 unspecified atom stereocenters. The molecule has 0 atom stereocenters. The van der Waals surface area contributed by atoms with Gasteiger partial charge in [0.1, 0.15) is 6.61 Å². The minimum Gasteiger partial charge on any atom is -0.493 e. The molecule has 0 amide bonds. The first-order valence-electron chi connectivity index (χ1n) is 6.56. The molecule has 20 heavy (non-hydrogen) atoms. The van der Waals surface area contributed by atoms with Crippen LogP contribution in [0, 0.1) is 13.8 Å². The van der Waals surface area contributed by atoms with Crippen molar-refractivity contribution in [3.63, 3.8) is 0 Å².